The van der Waals surface area contributed by atoms with Crippen LogP contribution in [0.2, 0.25) is 0 Å². The predicted octanol–water partition coefficient (Wildman–Crippen LogP) is 3.09. The lowest BCUT2D eigenvalue weighted by molar-refractivity contribution is -0.384. The Labute approximate surface area is 121 Å². The average molecular weight is 282 g/mol. The fourth-order valence-electron chi connectivity index (χ4n) is 2.39. The second kappa shape index (κ2) is 5.38. The van der Waals surface area contributed by atoms with Crippen LogP contribution in [0.15, 0.2) is 54.7 Å². The lowest BCUT2D eigenvalue weighted by Gasteiger charge is -2.06. The standard InChI is InChI=1S/C16H14N2O3/c19-11-13-3-1-12(2-4-13)10-17-8-7-14-9-15(18(20)21)5-6-16(14)17/h1-9,19H,10-11H2. The third kappa shape index (κ3) is 2.64. The van der Waals surface area contributed by atoms with E-state index in [1.807, 2.05) is 41.1 Å². The highest BCUT2D eigenvalue weighted by atomic mass is 16.6. The summed E-state index contributed by atoms with van der Waals surface area (Å²) in [6, 6.07) is 14.5. The molecule has 0 saturated heterocycles. The summed E-state index contributed by atoms with van der Waals surface area (Å²) in [5.74, 6) is 0. The van der Waals surface area contributed by atoms with Crippen molar-refractivity contribution in [2.45, 2.75) is 13.2 Å². The molecule has 3 rings (SSSR count). The number of nitro benzene ring substituents is 1. The number of hydrogen-bond acceptors (Lipinski definition) is 3. The van der Waals surface area contributed by atoms with Gasteiger partial charge in [-0.15, -0.1) is 0 Å². The van der Waals surface area contributed by atoms with Gasteiger partial charge in [0.05, 0.1) is 11.5 Å². The highest BCUT2D eigenvalue weighted by Gasteiger charge is 2.08. The molecule has 106 valence electrons. The van der Waals surface area contributed by atoms with Crippen molar-refractivity contribution >= 4 is 16.6 Å². The van der Waals surface area contributed by atoms with Crippen LogP contribution in [-0.4, -0.2) is 14.6 Å². The molecule has 1 aromatic heterocycles. The zero-order valence-corrected chi connectivity index (χ0v) is 11.3. The number of rotatable bonds is 4. The molecule has 0 saturated carbocycles. The zero-order valence-electron chi connectivity index (χ0n) is 11.3. The molecular weight excluding hydrogens is 268 g/mol. The predicted molar refractivity (Wildman–Crippen MR) is 80.1 cm³/mol. The van der Waals surface area contributed by atoms with Crippen molar-refractivity contribution in [1.82, 2.24) is 4.57 Å². The maximum atomic E-state index is 10.8. The van der Waals surface area contributed by atoms with E-state index in [0.717, 1.165) is 22.0 Å². The fourth-order valence-corrected chi connectivity index (χ4v) is 2.39. The van der Waals surface area contributed by atoms with Gasteiger partial charge in [-0.3, -0.25) is 10.1 Å². The van der Waals surface area contributed by atoms with E-state index < -0.39 is 0 Å². The summed E-state index contributed by atoms with van der Waals surface area (Å²) < 4.78 is 2.05. The number of nitrogens with zero attached hydrogens (tertiary/aromatic N) is 2. The van der Waals surface area contributed by atoms with Crippen molar-refractivity contribution in [2.75, 3.05) is 0 Å². The van der Waals surface area contributed by atoms with Crippen LogP contribution in [0.1, 0.15) is 11.1 Å². The van der Waals surface area contributed by atoms with E-state index in [4.69, 9.17) is 5.11 Å². The topological polar surface area (TPSA) is 68.3 Å². The zero-order chi connectivity index (χ0) is 14.8. The minimum absolute atomic E-state index is 0.0381. The Morgan fingerprint density at radius 3 is 2.43 bits per heavy atom. The Kier molecular flexibility index (Phi) is 3.41. The van der Waals surface area contributed by atoms with Crippen LogP contribution in [0.25, 0.3) is 10.9 Å². The van der Waals surface area contributed by atoms with Gasteiger partial charge in [0.15, 0.2) is 0 Å². The van der Waals surface area contributed by atoms with Gasteiger partial charge in [-0.05, 0) is 23.3 Å². The van der Waals surface area contributed by atoms with Gasteiger partial charge >= 0.3 is 0 Å². The molecule has 0 aliphatic heterocycles. The van der Waals surface area contributed by atoms with Gasteiger partial charge < -0.3 is 9.67 Å². The van der Waals surface area contributed by atoms with Crippen molar-refractivity contribution in [3.63, 3.8) is 0 Å². The molecule has 1 heterocycles. The summed E-state index contributed by atoms with van der Waals surface area (Å²) in [5.41, 5.74) is 3.06. The molecule has 0 spiro atoms. The van der Waals surface area contributed by atoms with Crippen LogP contribution < -0.4 is 0 Å². The molecular formula is C16H14N2O3. The summed E-state index contributed by atoms with van der Waals surface area (Å²) in [7, 11) is 0. The Balaban J connectivity index is 1.91. The average Bonchev–Trinajstić information content (AvgIpc) is 2.90. The molecule has 0 bridgehead atoms. The van der Waals surface area contributed by atoms with Crippen LogP contribution in [0, 0.1) is 10.1 Å². The van der Waals surface area contributed by atoms with E-state index >= 15 is 0 Å². The van der Waals surface area contributed by atoms with Gasteiger partial charge in [-0.1, -0.05) is 24.3 Å². The van der Waals surface area contributed by atoms with E-state index in [-0.39, 0.29) is 17.2 Å². The first-order valence-electron chi connectivity index (χ1n) is 6.59. The summed E-state index contributed by atoms with van der Waals surface area (Å²) >= 11 is 0. The van der Waals surface area contributed by atoms with Crippen molar-refractivity contribution in [3.8, 4) is 0 Å². The van der Waals surface area contributed by atoms with Crippen molar-refractivity contribution in [3.05, 3.63) is 76.0 Å². The van der Waals surface area contributed by atoms with Crippen LogP contribution in [0.3, 0.4) is 0 Å². The molecule has 5 nitrogen and oxygen atoms in total. The molecule has 3 aromatic rings. The normalized spacial score (nSPS) is 10.9. The molecule has 0 atom stereocenters. The van der Waals surface area contributed by atoms with Gasteiger partial charge in [0.25, 0.3) is 5.69 Å². The second-order valence-corrected chi connectivity index (χ2v) is 4.92. The van der Waals surface area contributed by atoms with E-state index in [0.29, 0.717) is 6.54 Å². The van der Waals surface area contributed by atoms with Crippen LogP contribution in [0.4, 0.5) is 5.69 Å². The Bertz CT molecular complexity index is 791. The van der Waals surface area contributed by atoms with Crippen LogP contribution in [-0.2, 0) is 13.2 Å². The lowest BCUT2D eigenvalue weighted by atomic mass is 10.1. The van der Waals surface area contributed by atoms with Crippen molar-refractivity contribution in [1.29, 1.82) is 0 Å². The Hall–Kier alpha value is -2.66. The Morgan fingerprint density at radius 2 is 1.76 bits per heavy atom. The highest BCUT2D eigenvalue weighted by molar-refractivity contribution is 5.82. The van der Waals surface area contributed by atoms with E-state index in [2.05, 4.69) is 0 Å². The van der Waals surface area contributed by atoms with E-state index in [9.17, 15) is 10.1 Å². The maximum absolute atomic E-state index is 10.8. The van der Waals surface area contributed by atoms with Crippen LogP contribution >= 0.6 is 0 Å². The SMILES string of the molecule is O=[N+]([O-])c1ccc2c(ccn2Cc2ccc(CO)cc2)c1. The number of non-ortho nitro benzene ring substituents is 1. The van der Waals surface area contributed by atoms with Gasteiger partial charge in [-0.25, -0.2) is 0 Å². The number of aliphatic hydroxyl groups excluding tert-OH is 1. The minimum atomic E-state index is -0.385. The fraction of sp³-hybridized carbons (Fsp3) is 0.125. The monoisotopic (exact) mass is 282 g/mol. The molecule has 5 heteroatoms. The summed E-state index contributed by atoms with van der Waals surface area (Å²) in [4.78, 5) is 10.4. The summed E-state index contributed by atoms with van der Waals surface area (Å²) in [5, 5.41) is 20.7. The summed E-state index contributed by atoms with van der Waals surface area (Å²) in [6.07, 6.45) is 1.92. The van der Waals surface area contributed by atoms with E-state index in [1.165, 1.54) is 6.07 Å². The first-order chi connectivity index (χ1) is 10.2. The number of hydrogen-bond donors (Lipinski definition) is 1. The highest BCUT2D eigenvalue weighted by Crippen LogP contribution is 2.22. The van der Waals surface area contributed by atoms with E-state index in [1.54, 1.807) is 12.1 Å². The van der Waals surface area contributed by atoms with Gasteiger partial charge in [0, 0.05) is 35.8 Å². The third-order valence-corrected chi connectivity index (χ3v) is 3.52. The second-order valence-electron chi connectivity index (χ2n) is 4.92. The third-order valence-electron chi connectivity index (χ3n) is 3.52. The molecule has 0 unspecified atom stereocenters. The number of fused-ring (bicyclic) bond motifs is 1. The molecule has 0 amide bonds. The van der Waals surface area contributed by atoms with Crippen molar-refractivity contribution in [2.24, 2.45) is 0 Å². The van der Waals surface area contributed by atoms with Gasteiger partial charge in [0.2, 0.25) is 0 Å². The lowest BCUT2D eigenvalue weighted by Crippen LogP contribution is -1.98. The summed E-state index contributed by atoms with van der Waals surface area (Å²) in [6.45, 7) is 0.726. The molecule has 21 heavy (non-hydrogen) atoms. The first kappa shape index (κ1) is 13.3. The number of benzene rings is 2. The molecule has 0 fully saturated rings. The number of nitro groups is 1. The molecule has 0 aliphatic rings. The number of aliphatic hydroxyl groups is 1. The largest absolute Gasteiger partial charge is 0.392 e. The van der Waals surface area contributed by atoms with Gasteiger partial charge in [-0.2, -0.15) is 0 Å². The quantitative estimate of drug-likeness (QED) is 0.590. The minimum Gasteiger partial charge on any atom is -0.392 e. The van der Waals surface area contributed by atoms with Crippen molar-refractivity contribution < 1.29 is 10.0 Å². The smallest absolute Gasteiger partial charge is 0.270 e. The molecule has 1 N–H and O–H groups in total. The molecule has 0 radical (unpaired) electrons. The van der Waals surface area contributed by atoms with Crippen LogP contribution in [0.5, 0.6) is 0 Å². The maximum Gasteiger partial charge on any atom is 0.270 e. The Morgan fingerprint density at radius 1 is 1.05 bits per heavy atom. The number of aromatic nitrogens is 1. The van der Waals surface area contributed by atoms with Gasteiger partial charge in [0.1, 0.15) is 0 Å². The molecule has 2 aromatic carbocycles. The first-order valence-corrected chi connectivity index (χ1v) is 6.59. The molecule has 0 aliphatic carbocycles.